The van der Waals surface area contributed by atoms with E-state index in [1.165, 1.54) is 5.56 Å². The zero-order chi connectivity index (χ0) is 11.4. The van der Waals surface area contributed by atoms with Crippen LogP contribution >= 0.6 is 38.9 Å². The second kappa shape index (κ2) is 5.80. The molecule has 0 aliphatic carbocycles. The smallest absolute Gasteiger partial charge is 0.0794 e. The molecular weight excluding hydrogens is 306 g/mol. The van der Waals surface area contributed by atoms with Crippen molar-refractivity contribution in [3.05, 3.63) is 51.4 Å². The molecule has 0 radical (unpaired) electrons. The minimum Gasteiger partial charge on any atom is -0.250 e. The molecule has 0 saturated heterocycles. The molecule has 1 aromatic heterocycles. The van der Waals surface area contributed by atoms with Crippen LogP contribution in [0.5, 0.6) is 0 Å². The molecule has 1 aromatic carbocycles. The normalized spacial score (nSPS) is 12.6. The number of thiazole rings is 1. The van der Waals surface area contributed by atoms with Crippen molar-refractivity contribution in [2.45, 2.75) is 12.3 Å². The Bertz CT molecular complexity index is 444. The molecule has 2 aromatic rings. The molecule has 4 heteroatoms. The summed E-state index contributed by atoms with van der Waals surface area (Å²) in [6.07, 6.45) is 0.929. The van der Waals surface area contributed by atoms with E-state index < -0.39 is 0 Å². The lowest BCUT2D eigenvalue weighted by Crippen LogP contribution is -2.05. The molecule has 1 atom stereocenters. The molecule has 1 nitrogen and oxygen atoms in total. The van der Waals surface area contributed by atoms with E-state index in [1.54, 1.807) is 11.3 Å². The molecule has 2 rings (SSSR count). The summed E-state index contributed by atoms with van der Waals surface area (Å²) >= 11 is 11.4. The van der Waals surface area contributed by atoms with Crippen LogP contribution in [-0.4, -0.2) is 10.3 Å². The minimum atomic E-state index is 0.385. The van der Waals surface area contributed by atoms with E-state index in [1.807, 2.05) is 23.7 Å². The monoisotopic (exact) mass is 315 g/mol. The largest absolute Gasteiger partial charge is 0.250 e. The summed E-state index contributed by atoms with van der Waals surface area (Å²) in [5.74, 6) is 0.385. The first-order chi connectivity index (χ1) is 7.81. The van der Waals surface area contributed by atoms with Crippen molar-refractivity contribution in [1.82, 2.24) is 4.98 Å². The molecule has 84 valence electrons. The van der Waals surface area contributed by atoms with Gasteiger partial charge in [-0.3, -0.25) is 0 Å². The lowest BCUT2D eigenvalue weighted by molar-refractivity contribution is 0.760. The predicted molar refractivity (Wildman–Crippen MR) is 73.8 cm³/mol. The lowest BCUT2D eigenvalue weighted by Gasteiger charge is -2.14. The standard InChI is InChI=1S/C12H11BrClNS/c13-6-9(5-10-7-16-8-15-10)11-3-1-2-4-12(11)14/h1-4,7-9H,5-6H2. The second-order valence-corrected chi connectivity index (χ2v) is 5.33. The van der Waals surface area contributed by atoms with E-state index in [2.05, 4.69) is 32.4 Å². The van der Waals surface area contributed by atoms with Crippen LogP contribution in [-0.2, 0) is 6.42 Å². The third kappa shape index (κ3) is 2.84. The van der Waals surface area contributed by atoms with Crippen LogP contribution in [0.25, 0.3) is 0 Å². The Labute approximate surface area is 113 Å². The molecule has 1 heterocycles. The van der Waals surface area contributed by atoms with Gasteiger partial charge in [0.15, 0.2) is 0 Å². The van der Waals surface area contributed by atoms with Gasteiger partial charge in [0.1, 0.15) is 0 Å². The summed E-state index contributed by atoms with van der Waals surface area (Å²) in [6, 6.07) is 8.01. The zero-order valence-electron chi connectivity index (χ0n) is 8.57. The van der Waals surface area contributed by atoms with E-state index in [0.717, 1.165) is 22.5 Å². The van der Waals surface area contributed by atoms with Crippen molar-refractivity contribution < 1.29 is 0 Å². The average Bonchev–Trinajstić information content (AvgIpc) is 2.80. The molecule has 0 aliphatic heterocycles. The molecule has 0 N–H and O–H groups in total. The highest BCUT2D eigenvalue weighted by atomic mass is 79.9. The minimum absolute atomic E-state index is 0.385. The van der Waals surface area contributed by atoms with E-state index in [9.17, 15) is 0 Å². The zero-order valence-corrected chi connectivity index (χ0v) is 11.7. The summed E-state index contributed by atoms with van der Waals surface area (Å²) in [7, 11) is 0. The van der Waals surface area contributed by atoms with E-state index in [0.29, 0.717) is 5.92 Å². The van der Waals surface area contributed by atoms with Crippen LogP contribution in [0.4, 0.5) is 0 Å². The fourth-order valence-corrected chi connectivity index (χ4v) is 3.08. The van der Waals surface area contributed by atoms with Gasteiger partial charge < -0.3 is 0 Å². The van der Waals surface area contributed by atoms with E-state index in [-0.39, 0.29) is 0 Å². The van der Waals surface area contributed by atoms with E-state index in [4.69, 9.17) is 11.6 Å². The summed E-state index contributed by atoms with van der Waals surface area (Å²) < 4.78 is 0. The van der Waals surface area contributed by atoms with Crippen LogP contribution < -0.4 is 0 Å². The van der Waals surface area contributed by atoms with Crippen molar-refractivity contribution in [3.8, 4) is 0 Å². The molecular formula is C12H11BrClNS. The molecule has 0 saturated carbocycles. The van der Waals surface area contributed by atoms with Crippen LogP contribution in [0.1, 0.15) is 17.2 Å². The van der Waals surface area contributed by atoms with E-state index >= 15 is 0 Å². The van der Waals surface area contributed by atoms with Crippen LogP contribution in [0, 0.1) is 0 Å². The third-order valence-corrected chi connectivity index (χ3v) is 4.23. The maximum Gasteiger partial charge on any atom is 0.0794 e. The van der Waals surface area contributed by atoms with Crippen molar-refractivity contribution in [1.29, 1.82) is 0 Å². The number of aromatic nitrogens is 1. The van der Waals surface area contributed by atoms with Crippen LogP contribution in [0.15, 0.2) is 35.2 Å². The summed E-state index contributed by atoms with van der Waals surface area (Å²) in [6.45, 7) is 0. The molecule has 0 aliphatic rings. The van der Waals surface area contributed by atoms with Gasteiger partial charge >= 0.3 is 0 Å². The Morgan fingerprint density at radius 3 is 2.81 bits per heavy atom. The van der Waals surface area contributed by atoms with Gasteiger partial charge in [0.25, 0.3) is 0 Å². The highest BCUT2D eigenvalue weighted by molar-refractivity contribution is 9.09. The number of benzene rings is 1. The molecule has 1 unspecified atom stereocenters. The number of nitrogens with zero attached hydrogens (tertiary/aromatic N) is 1. The van der Waals surface area contributed by atoms with Gasteiger partial charge in [-0.15, -0.1) is 11.3 Å². The van der Waals surface area contributed by atoms with Gasteiger partial charge in [-0.1, -0.05) is 45.7 Å². The molecule has 0 bridgehead atoms. The van der Waals surface area contributed by atoms with Crippen molar-refractivity contribution in [3.63, 3.8) is 0 Å². The number of halogens is 2. The third-order valence-electron chi connectivity index (χ3n) is 2.47. The summed E-state index contributed by atoms with van der Waals surface area (Å²) in [5.41, 5.74) is 4.19. The number of hydrogen-bond acceptors (Lipinski definition) is 2. The van der Waals surface area contributed by atoms with Gasteiger partial charge in [-0.25, -0.2) is 4.98 Å². The van der Waals surface area contributed by atoms with Gasteiger partial charge in [0, 0.05) is 21.7 Å². The van der Waals surface area contributed by atoms with Crippen molar-refractivity contribution >= 4 is 38.9 Å². The number of rotatable bonds is 4. The molecule has 16 heavy (non-hydrogen) atoms. The summed E-state index contributed by atoms with van der Waals surface area (Å²) in [5, 5.41) is 3.82. The Balaban J connectivity index is 2.20. The highest BCUT2D eigenvalue weighted by Gasteiger charge is 2.14. The fourth-order valence-electron chi connectivity index (χ4n) is 1.64. The number of alkyl halides is 1. The predicted octanol–water partition coefficient (Wildman–Crippen LogP) is 4.52. The highest BCUT2D eigenvalue weighted by Crippen LogP contribution is 2.28. The SMILES string of the molecule is Clc1ccccc1C(CBr)Cc1cscn1. The molecule has 0 amide bonds. The molecule has 0 spiro atoms. The van der Waals surface area contributed by atoms with Crippen molar-refractivity contribution in [2.24, 2.45) is 0 Å². The maximum atomic E-state index is 6.20. The fraction of sp³-hybridized carbons (Fsp3) is 0.250. The Hall–Kier alpha value is -0.380. The Morgan fingerprint density at radius 1 is 1.38 bits per heavy atom. The first-order valence-corrected chi connectivity index (χ1v) is 7.43. The van der Waals surface area contributed by atoms with Crippen LogP contribution in [0.2, 0.25) is 5.02 Å². The number of hydrogen-bond donors (Lipinski definition) is 0. The van der Waals surface area contributed by atoms with Gasteiger partial charge in [-0.2, -0.15) is 0 Å². The van der Waals surface area contributed by atoms with Gasteiger partial charge in [-0.05, 0) is 18.1 Å². The van der Waals surface area contributed by atoms with Crippen LogP contribution in [0.3, 0.4) is 0 Å². The lowest BCUT2D eigenvalue weighted by atomic mass is 9.96. The Kier molecular flexibility index (Phi) is 4.38. The quantitative estimate of drug-likeness (QED) is 0.756. The van der Waals surface area contributed by atoms with Gasteiger partial charge in [0.05, 0.1) is 11.2 Å². The maximum absolute atomic E-state index is 6.20. The molecule has 0 fully saturated rings. The Morgan fingerprint density at radius 2 is 2.19 bits per heavy atom. The average molecular weight is 317 g/mol. The van der Waals surface area contributed by atoms with Gasteiger partial charge in [0.2, 0.25) is 0 Å². The van der Waals surface area contributed by atoms with Crippen molar-refractivity contribution in [2.75, 3.05) is 5.33 Å². The first-order valence-electron chi connectivity index (χ1n) is 4.98. The topological polar surface area (TPSA) is 12.9 Å². The second-order valence-electron chi connectivity index (χ2n) is 3.56. The summed E-state index contributed by atoms with van der Waals surface area (Å²) in [4.78, 5) is 4.31. The first kappa shape index (κ1) is 12.1.